The molecule has 76 valence electrons. The fraction of sp³-hybridized carbons (Fsp3) is 0.455. The minimum atomic E-state index is -0.170. The van der Waals surface area contributed by atoms with Gasteiger partial charge >= 0.3 is 0 Å². The van der Waals surface area contributed by atoms with Crippen molar-refractivity contribution in [2.45, 2.75) is 31.9 Å². The fourth-order valence-corrected chi connectivity index (χ4v) is 2.35. The molecule has 0 saturated carbocycles. The molecule has 14 heavy (non-hydrogen) atoms. The fourth-order valence-electron chi connectivity index (χ4n) is 1.88. The van der Waals surface area contributed by atoms with Crippen molar-refractivity contribution in [1.82, 2.24) is 0 Å². The normalized spacial score (nSPS) is 23.9. The first kappa shape index (κ1) is 9.99. The highest BCUT2D eigenvalue weighted by Gasteiger charge is 2.32. The van der Waals surface area contributed by atoms with Gasteiger partial charge in [-0.2, -0.15) is 0 Å². The van der Waals surface area contributed by atoms with Crippen LogP contribution < -0.4 is 10.5 Å². The maximum atomic E-state index is 6.09. The molecule has 0 saturated heterocycles. The Morgan fingerprint density at radius 3 is 2.93 bits per heavy atom. The second-order valence-corrected chi connectivity index (χ2v) is 5.18. The van der Waals surface area contributed by atoms with Gasteiger partial charge in [0.05, 0.1) is 4.47 Å². The molecule has 2 N–H and O–H groups in total. The maximum absolute atomic E-state index is 6.09. The van der Waals surface area contributed by atoms with Gasteiger partial charge in [0.2, 0.25) is 0 Å². The third-order valence-corrected chi connectivity index (χ3v) is 3.11. The summed E-state index contributed by atoms with van der Waals surface area (Å²) in [5.41, 5.74) is 7.02. The predicted molar refractivity (Wildman–Crippen MR) is 60.4 cm³/mol. The number of benzene rings is 1. The highest BCUT2D eigenvalue weighted by atomic mass is 79.9. The Morgan fingerprint density at radius 2 is 2.21 bits per heavy atom. The van der Waals surface area contributed by atoms with E-state index in [1.165, 1.54) is 0 Å². The van der Waals surface area contributed by atoms with E-state index < -0.39 is 0 Å². The third-order valence-electron chi connectivity index (χ3n) is 2.49. The summed E-state index contributed by atoms with van der Waals surface area (Å²) in [5.74, 6) is 0.899. The van der Waals surface area contributed by atoms with Crippen LogP contribution in [-0.4, -0.2) is 5.60 Å². The van der Waals surface area contributed by atoms with E-state index in [2.05, 4.69) is 29.8 Å². The van der Waals surface area contributed by atoms with Crippen molar-refractivity contribution in [3.8, 4) is 5.75 Å². The SMILES string of the molecule is CC1(C)C[C@@H](N)c2cccc(Br)c2O1. The molecule has 0 fully saturated rings. The quantitative estimate of drug-likeness (QED) is 0.774. The molecule has 1 heterocycles. The van der Waals surface area contributed by atoms with Crippen LogP contribution in [0, 0.1) is 0 Å². The topological polar surface area (TPSA) is 35.2 Å². The number of hydrogen-bond donors (Lipinski definition) is 1. The molecule has 0 amide bonds. The molecule has 1 aromatic rings. The van der Waals surface area contributed by atoms with Gasteiger partial charge < -0.3 is 10.5 Å². The first-order valence-corrected chi connectivity index (χ1v) is 5.52. The number of hydrogen-bond acceptors (Lipinski definition) is 2. The average Bonchev–Trinajstić information content (AvgIpc) is 2.05. The summed E-state index contributed by atoms with van der Waals surface area (Å²) in [6.45, 7) is 4.13. The van der Waals surface area contributed by atoms with Crippen molar-refractivity contribution in [3.05, 3.63) is 28.2 Å². The summed E-state index contributed by atoms with van der Waals surface area (Å²) in [5, 5.41) is 0. The number of halogens is 1. The molecular weight excluding hydrogens is 242 g/mol. The molecule has 0 spiro atoms. The van der Waals surface area contributed by atoms with Crippen LogP contribution in [0.5, 0.6) is 5.75 Å². The van der Waals surface area contributed by atoms with Gasteiger partial charge in [-0.25, -0.2) is 0 Å². The molecule has 0 radical (unpaired) electrons. The Balaban J connectivity index is 2.51. The third kappa shape index (κ3) is 1.66. The van der Waals surface area contributed by atoms with Gasteiger partial charge in [-0.3, -0.25) is 0 Å². The van der Waals surface area contributed by atoms with E-state index in [1.807, 2.05) is 18.2 Å². The highest BCUT2D eigenvalue weighted by Crippen LogP contribution is 2.42. The van der Waals surface area contributed by atoms with E-state index >= 15 is 0 Å². The molecule has 0 aliphatic carbocycles. The van der Waals surface area contributed by atoms with Gasteiger partial charge in [-0.05, 0) is 35.8 Å². The van der Waals surface area contributed by atoms with Crippen LogP contribution in [0.15, 0.2) is 22.7 Å². The van der Waals surface area contributed by atoms with E-state index in [0.717, 1.165) is 22.2 Å². The second kappa shape index (κ2) is 3.24. The van der Waals surface area contributed by atoms with Gasteiger partial charge in [-0.1, -0.05) is 12.1 Å². The van der Waals surface area contributed by atoms with Crippen LogP contribution in [0.1, 0.15) is 31.9 Å². The number of fused-ring (bicyclic) bond motifs is 1. The van der Waals surface area contributed by atoms with Crippen molar-refractivity contribution in [3.63, 3.8) is 0 Å². The summed E-state index contributed by atoms with van der Waals surface area (Å²) in [7, 11) is 0. The van der Waals surface area contributed by atoms with E-state index in [-0.39, 0.29) is 11.6 Å². The van der Waals surface area contributed by atoms with E-state index in [0.29, 0.717) is 0 Å². The lowest BCUT2D eigenvalue weighted by atomic mass is 9.90. The van der Waals surface area contributed by atoms with Crippen LogP contribution >= 0.6 is 15.9 Å². The second-order valence-electron chi connectivity index (χ2n) is 4.33. The lowest BCUT2D eigenvalue weighted by molar-refractivity contribution is 0.0719. The van der Waals surface area contributed by atoms with Crippen LogP contribution in [-0.2, 0) is 0 Å². The zero-order chi connectivity index (χ0) is 10.3. The summed E-state index contributed by atoms with van der Waals surface area (Å²) in [4.78, 5) is 0. The van der Waals surface area contributed by atoms with Crippen molar-refractivity contribution in [1.29, 1.82) is 0 Å². The lowest BCUT2D eigenvalue weighted by Crippen LogP contribution is -2.37. The molecule has 1 aliphatic rings. The minimum Gasteiger partial charge on any atom is -0.486 e. The summed E-state index contributed by atoms with van der Waals surface area (Å²) in [6, 6.07) is 6.07. The number of nitrogens with two attached hydrogens (primary N) is 1. The van der Waals surface area contributed by atoms with Crippen LogP contribution in [0.3, 0.4) is 0 Å². The first-order chi connectivity index (χ1) is 6.49. The standard InChI is InChI=1S/C11H14BrNO/c1-11(2)6-9(13)7-4-3-5-8(12)10(7)14-11/h3-5,9H,6,13H2,1-2H3/t9-/m1/s1. The molecule has 1 aliphatic heterocycles. The van der Waals surface area contributed by atoms with E-state index in [4.69, 9.17) is 10.5 Å². The molecule has 1 aromatic carbocycles. The first-order valence-electron chi connectivity index (χ1n) is 4.73. The average molecular weight is 256 g/mol. The number of ether oxygens (including phenoxy) is 1. The van der Waals surface area contributed by atoms with Gasteiger partial charge in [0, 0.05) is 18.0 Å². The van der Waals surface area contributed by atoms with Gasteiger partial charge in [0.1, 0.15) is 11.4 Å². The van der Waals surface area contributed by atoms with Crippen molar-refractivity contribution in [2.24, 2.45) is 5.73 Å². The van der Waals surface area contributed by atoms with E-state index in [1.54, 1.807) is 0 Å². The highest BCUT2D eigenvalue weighted by molar-refractivity contribution is 9.10. The molecular formula is C11H14BrNO. The molecule has 0 bridgehead atoms. The van der Waals surface area contributed by atoms with Gasteiger partial charge in [0.25, 0.3) is 0 Å². The molecule has 3 heteroatoms. The Kier molecular flexibility index (Phi) is 2.32. The Labute approximate surface area is 92.6 Å². The molecule has 1 atom stereocenters. The monoisotopic (exact) mass is 255 g/mol. The van der Waals surface area contributed by atoms with Crippen LogP contribution in [0.25, 0.3) is 0 Å². The maximum Gasteiger partial charge on any atom is 0.139 e. The zero-order valence-electron chi connectivity index (χ0n) is 8.38. The summed E-state index contributed by atoms with van der Waals surface area (Å²) in [6.07, 6.45) is 0.858. The van der Waals surface area contributed by atoms with E-state index in [9.17, 15) is 0 Å². The predicted octanol–water partition coefficient (Wildman–Crippen LogP) is 3.01. The molecule has 2 nitrogen and oxygen atoms in total. The van der Waals surface area contributed by atoms with Gasteiger partial charge in [0.15, 0.2) is 0 Å². The summed E-state index contributed by atoms with van der Waals surface area (Å²) < 4.78 is 6.88. The molecule has 0 unspecified atom stereocenters. The van der Waals surface area contributed by atoms with Crippen molar-refractivity contribution in [2.75, 3.05) is 0 Å². The number of para-hydroxylation sites is 1. The lowest BCUT2D eigenvalue weighted by Gasteiger charge is -2.36. The Bertz CT molecular complexity index is 362. The molecule has 0 aromatic heterocycles. The largest absolute Gasteiger partial charge is 0.486 e. The summed E-state index contributed by atoms with van der Waals surface area (Å²) >= 11 is 3.48. The Morgan fingerprint density at radius 1 is 1.50 bits per heavy atom. The van der Waals surface area contributed by atoms with Crippen molar-refractivity contribution < 1.29 is 4.74 Å². The number of rotatable bonds is 0. The molecule has 2 rings (SSSR count). The van der Waals surface area contributed by atoms with Crippen LogP contribution in [0.4, 0.5) is 0 Å². The smallest absolute Gasteiger partial charge is 0.139 e. The minimum absolute atomic E-state index is 0.0752. The zero-order valence-corrected chi connectivity index (χ0v) is 9.97. The Hall–Kier alpha value is -0.540. The van der Waals surface area contributed by atoms with Crippen LogP contribution in [0.2, 0.25) is 0 Å². The van der Waals surface area contributed by atoms with Gasteiger partial charge in [-0.15, -0.1) is 0 Å². The van der Waals surface area contributed by atoms with Crippen molar-refractivity contribution >= 4 is 15.9 Å².